The number of amides is 2. The van der Waals surface area contributed by atoms with E-state index >= 15 is 0 Å². The normalized spacial score (nSPS) is 15.5. The predicted octanol–water partition coefficient (Wildman–Crippen LogP) is 3.33. The molecule has 1 heterocycles. The molecule has 2 amide bonds. The average molecular weight is 384 g/mol. The standard InChI is InChI=1S/C21H28N4O3/c1-15-7-5-6-8-18(15)24-19(26)16(13-22)14-23-17-9-11-25(12-10-17)20(27)28-21(2,3)4/h5-8,14,17,23H,9-12H2,1-4H3,(H,24,26)/b16-14-. The van der Waals surface area contributed by atoms with Crippen molar-refractivity contribution in [2.24, 2.45) is 0 Å². The Labute approximate surface area is 166 Å². The van der Waals surface area contributed by atoms with Crippen molar-refractivity contribution in [3.8, 4) is 6.07 Å². The lowest BCUT2D eigenvalue weighted by Crippen LogP contribution is -2.45. The summed E-state index contributed by atoms with van der Waals surface area (Å²) in [5, 5.41) is 15.2. The van der Waals surface area contributed by atoms with Crippen LogP contribution in [-0.4, -0.2) is 41.6 Å². The van der Waals surface area contributed by atoms with Crippen LogP contribution in [0.4, 0.5) is 10.5 Å². The van der Waals surface area contributed by atoms with Crippen LogP contribution in [0.25, 0.3) is 0 Å². The minimum Gasteiger partial charge on any atom is -0.444 e. The molecule has 0 saturated carbocycles. The third-order valence-electron chi connectivity index (χ3n) is 4.37. The zero-order valence-electron chi connectivity index (χ0n) is 16.9. The fourth-order valence-electron chi connectivity index (χ4n) is 2.81. The second kappa shape index (κ2) is 9.27. The molecule has 0 aliphatic carbocycles. The summed E-state index contributed by atoms with van der Waals surface area (Å²) in [6.45, 7) is 8.55. The molecule has 1 saturated heterocycles. The van der Waals surface area contributed by atoms with Gasteiger partial charge in [0.1, 0.15) is 17.2 Å². The summed E-state index contributed by atoms with van der Waals surface area (Å²) in [7, 11) is 0. The second-order valence-electron chi connectivity index (χ2n) is 7.85. The summed E-state index contributed by atoms with van der Waals surface area (Å²) in [6.07, 6.45) is 2.58. The summed E-state index contributed by atoms with van der Waals surface area (Å²) < 4.78 is 5.38. The molecule has 28 heavy (non-hydrogen) atoms. The van der Waals surface area contributed by atoms with Crippen molar-refractivity contribution in [2.75, 3.05) is 18.4 Å². The summed E-state index contributed by atoms with van der Waals surface area (Å²) in [5.41, 5.74) is 1.11. The molecule has 1 aromatic carbocycles. The monoisotopic (exact) mass is 384 g/mol. The molecular weight excluding hydrogens is 356 g/mol. The Morgan fingerprint density at radius 1 is 1.25 bits per heavy atom. The number of anilines is 1. The molecule has 2 rings (SSSR count). The molecule has 1 aromatic rings. The molecule has 150 valence electrons. The van der Waals surface area contributed by atoms with Gasteiger partial charge in [-0.3, -0.25) is 4.79 Å². The Morgan fingerprint density at radius 2 is 1.89 bits per heavy atom. The van der Waals surface area contributed by atoms with Crippen LogP contribution >= 0.6 is 0 Å². The topological polar surface area (TPSA) is 94.5 Å². The van der Waals surface area contributed by atoms with Gasteiger partial charge in [-0.05, 0) is 52.2 Å². The van der Waals surface area contributed by atoms with Gasteiger partial charge in [0.25, 0.3) is 5.91 Å². The number of benzene rings is 1. The van der Waals surface area contributed by atoms with Gasteiger partial charge in [0.15, 0.2) is 0 Å². The van der Waals surface area contributed by atoms with Gasteiger partial charge in [-0.2, -0.15) is 5.26 Å². The van der Waals surface area contributed by atoms with Crippen LogP contribution in [0.2, 0.25) is 0 Å². The van der Waals surface area contributed by atoms with Gasteiger partial charge < -0.3 is 20.3 Å². The van der Waals surface area contributed by atoms with E-state index in [0.717, 1.165) is 5.56 Å². The summed E-state index contributed by atoms with van der Waals surface area (Å²) in [6, 6.07) is 9.43. The minimum atomic E-state index is -0.513. The number of hydrogen-bond acceptors (Lipinski definition) is 5. The molecule has 0 spiro atoms. The number of nitrogens with zero attached hydrogens (tertiary/aromatic N) is 2. The van der Waals surface area contributed by atoms with E-state index in [1.165, 1.54) is 6.20 Å². The number of nitrogens with one attached hydrogen (secondary N) is 2. The number of hydrogen-bond donors (Lipinski definition) is 2. The van der Waals surface area contributed by atoms with E-state index in [1.54, 1.807) is 11.0 Å². The van der Waals surface area contributed by atoms with Crippen LogP contribution in [0.5, 0.6) is 0 Å². The Morgan fingerprint density at radius 3 is 2.46 bits per heavy atom. The maximum Gasteiger partial charge on any atom is 0.410 e. The minimum absolute atomic E-state index is 0.0119. The number of ether oxygens (including phenoxy) is 1. The van der Waals surface area contributed by atoms with Gasteiger partial charge in [0.2, 0.25) is 0 Å². The van der Waals surface area contributed by atoms with Crippen molar-refractivity contribution in [1.82, 2.24) is 10.2 Å². The van der Waals surface area contributed by atoms with Crippen LogP contribution in [0.1, 0.15) is 39.2 Å². The summed E-state index contributed by atoms with van der Waals surface area (Å²) in [4.78, 5) is 26.1. The molecule has 0 atom stereocenters. The van der Waals surface area contributed by atoms with Crippen molar-refractivity contribution in [2.45, 2.75) is 52.2 Å². The van der Waals surface area contributed by atoms with Gasteiger partial charge in [-0.25, -0.2) is 4.79 Å². The van der Waals surface area contributed by atoms with Crippen molar-refractivity contribution >= 4 is 17.7 Å². The molecule has 0 radical (unpaired) electrons. The molecule has 2 N–H and O–H groups in total. The number of likely N-dealkylation sites (tertiary alicyclic amines) is 1. The van der Waals surface area contributed by atoms with Crippen molar-refractivity contribution in [1.29, 1.82) is 5.26 Å². The molecule has 0 aromatic heterocycles. The van der Waals surface area contributed by atoms with Crippen LogP contribution in [0, 0.1) is 18.3 Å². The zero-order valence-corrected chi connectivity index (χ0v) is 16.9. The van der Waals surface area contributed by atoms with E-state index in [9.17, 15) is 14.9 Å². The first-order valence-corrected chi connectivity index (χ1v) is 9.41. The maximum absolute atomic E-state index is 12.3. The van der Waals surface area contributed by atoms with Gasteiger partial charge in [0, 0.05) is 31.0 Å². The highest BCUT2D eigenvalue weighted by Gasteiger charge is 2.26. The number of para-hydroxylation sites is 1. The first-order valence-electron chi connectivity index (χ1n) is 9.41. The van der Waals surface area contributed by atoms with Crippen molar-refractivity contribution in [3.05, 3.63) is 41.6 Å². The van der Waals surface area contributed by atoms with Gasteiger partial charge in [-0.15, -0.1) is 0 Å². The second-order valence-corrected chi connectivity index (χ2v) is 7.85. The van der Waals surface area contributed by atoms with Crippen LogP contribution in [0.15, 0.2) is 36.0 Å². The number of piperidine rings is 1. The molecule has 7 heteroatoms. The predicted molar refractivity (Wildman–Crippen MR) is 107 cm³/mol. The Bertz CT molecular complexity index is 782. The van der Waals surface area contributed by atoms with Gasteiger partial charge in [0.05, 0.1) is 0 Å². The Kier molecular flexibility index (Phi) is 7.05. The van der Waals surface area contributed by atoms with Crippen LogP contribution in [-0.2, 0) is 9.53 Å². The quantitative estimate of drug-likeness (QED) is 0.613. The molecule has 1 fully saturated rings. The van der Waals surface area contributed by atoms with Crippen molar-refractivity contribution in [3.63, 3.8) is 0 Å². The highest BCUT2D eigenvalue weighted by Crippen LogP contribution is 2.16. The highest BCUT2D eigenvalue weighted by atomic mass is 16.6. The molecule has 0 bridgehead atoms. The van der Waals surface area contributed by atoms with Gasteiger partial charge >= 0.3 is 6.09 Å². The fraction of sp³-hybridized carbons (Fsp3) is 0.476. The summed E-state index contributed by atoms with van der Waals surface area (Å²) in [5.74, 6) is -0.449. The Hall–Kier alpha value is -3.01. The fourth-order valence-corrected chi connectivity index (χ4v) is 2.81. The lowest BCUT2D eigenvalue weighted by molar-refractivity contribution is -0.112. The number of aryl methyl sites for hydroxylation is 1. The smallest absolute Gasteiger partial charge is 0.410 e. The van der Waals surface area contributed by atoms with E-state index in [-0.39, 0.29) is 17.7 Å². The molecule has 7 nitrogen and oxygen atoms in total. The molecular formula is C21H28N4O3. The SMILES string of the molecule is Cc1ccccc1NC(=O)/C(C#N)=C\NC1CCN(C(=O)OC(C)(C)C)CC1. The molecule has 1 aliphatic rings. The van der Waals surface area contributed by atoms with E-state index in [0.29, 0.717) is 31.6 Å². The summed E-state index contributed by atoms with van der Waals surface area (Å²) >= 11 is 0. The first-order chi connectivity index (χ1) is 13.2. The Balaban J connectivity index is 1.87. The third kappa shape index (κ3) is 6.31. The first kappa shape index (κ1) is 21.3. The third-order valence-corrected chi connectivity index (χ3v) is 4.37. The molecule has 1 aliphatic heterocycles. The maximum atomic E-state index is 12.3. The van der Waals surface area contributed by atoms with E-state index in [4.69, 9.17) is 4.74 Å². The molecule has 0 unspecified atom stereocenters. The van der Waals surface area contributed by atoms with Crippen LogP contribution in [0.3, 0.4) is 0 Å². The van der Waals surface area contributed by atoms with E-state index < -0.39 is 11.5 Å². The van der Waals surface area contributed by atoms with E-state index in [1.807, 2.05) is 52.0 Å². The van der Waals surface area contributed by atoms with Crippen molar-refractivity contribution < 1.29 is 14.3 Å². The number of nitriles is 1. The zero-order chi connectivity index (χ0) is 20.7. The largest absolute Gasteiger partial charge is 0.444 e. The number of rotatable bonds is 4. The number of carbonyl (C=O) groups is 2. The van der Waals surface area contributed by atoms with E-state index in [2.05, 4.69) is 10.6 Å². The van der Waals surface area contributed by atoms with Gasteiger partial charge in [-0.1, -0.05) is 18.2 Å². The lowest BCUT2D eigenvalue weighted by Gasteiger charge is -2.33. The number of carbonyl (C=O) groups excluding carboxylic acids is 2. The lowest BCUT2D eigenvalue weighted by atomic mass is 10.1. The average Bonchev–Trinajstić information content (AvgIpc) is 2.63. The van der Waals surface area contributed by atoms with Crippen LogP contribution < -0.4 is 10.6 Å². The highest BCUT2D eigenvalue weighted by molar-refractivity contribution is 6.06.